The Balaban J connectivity index is 2.22. The molecule has 0 aliphatic heterocycles. The van der Waals surface area contributed by atoms with Gasteiger partial charge in [0, 0.05) is 24.2 Å². The van der Waals surface area contributed by atoms with Gasteiger partial charge in [-0.2, -0.15) is 0 Å². The number of carbonyl (C=O) groups is 1. The first-order valence-electron chi connectivity index (χ1n) is 6.27. The number of hydrogen-bond donors (Lipinski definition) is 0. The Labute approximate surface area is 119 Å². The average molecular weight is 308 g/mol. The Hall–Kier alpha value is -1.04. The lowest BCUT2D eigenvalue weighted by Gasteiger charge is -2.11. The van der Waals surface area contributed by atoms with Gasteiger partial charge in [-0.1, -0.05) is 42.1 Å². The molecule has 0 bridgehead atoms. The minimum Gasteiger partial charge on any atom is -0.282 e. The number of thioether (sulfide) groups is 1. The predicted molar refractivity (Wildman–Crippen MR) is 72.9 cm³/mol. The molecule has 2 atom stereocenters. The van der Waals surface area contributed by atoms with Gasteiger partial charge in [0.2, 0.25) is 11.5 Å². The van der Waals surface area contributed by atoms with E-state index >= 15 is 0 Å². The summed E-state index contributed by atoms with van der Waals surface area (Å²) in [7, 11) is 0. The van der Waals surface area contributed by atoms with Gasteiger partial charge in [-0.3, -0.25) is 4.79 Å². The standard InChI is InChI=1S/C14H16F4OS/c15-11(8-12(16)9-13(17)18)6-7-20-14(19)10-4-2-1-3-5-10/h1-5,11-13H,6-9H2. The molecule has 20 heavy (non-hydrogen) atoms. The summed E-state index contributed by atoms with van der Waals surface area (Å²) in [4.78, 5) is 11.7. The fourth-order valence-corrected chi connectivity index (χ4v) is 2.48. The molecule has 112 valence electrons. The molecule has 0 heterocycles. The van der Waals surface area contributed by atoms with Crippen molar-refractivity contribution in [1.82, 2.24) is 0 Å². The maximum atomic E-state index is 13.3. The molecule has 0 saturated carbocycles. The first-order chi connectivity index (χ1) is 9.49. The summed E-state index contributed by atoms with van der Waals surface area (Å²) < 4.78 is 50.0. The number of halogens is 4. The maximum Gasteiger partial charge on any atom is 0.241 e. The summed E-state index contributed by atoms with van der Waals surface area (Å²) in [5.41, 5.74) is 0.522. The van der Waals surface area contributed by atoms with E-state index in [1.54, 1.807) is 30.3 Å². The van der Waals surface area contributed by atoms with E-state index in [1.807, 2.05) is 0 Å². The van der Waals surface area contributed by atoms with Gasteiger partial charge in [0.15, 0.2) is 0 Å². The summed E-state index contributed by atoms with van der Waals surface area (Å²) in [6.45, 7) is 0. The van der Waals surface area contributed by atoms with Crippen LogP contribution in [0.2, 0.25) is 0 Å². The van der Waals surface area contributed by atoms with Gasteiger partial charge in [-0.05, 0) is 6.42 Å². The first-order valence-corrected chi connectivity index (χ1v) is 7.26. The zero-order valence-corrected chi connectivity index (χ0v) is 11.6. The molecule has 0 radical (unpaired) electrons. The van der Waals surface area contributed by atoms with E-state index in [0.29, 0.717) is 5.56 Å². The van der Waals surface area contributed by atoms with E-state index in [4.69, 9.17) is 0 Å². The number of carbonyl (C=O) groups excluding carboxylic acids is 1. The van der Waals surface area contributed by atoms with E-state index in [-0.39, 0.29) is 17.3 Å². The summed E-state index contributed by atoms with van der Waals surface area (Å²) in [6.07, 6.45) is -7.58. The summed E-state index contributed by atoms with van der Waals surface area (Å²) in [5, 5.41) is -0.179. The molecule has 0 saturated heterocycles. The predicted octanol–water partition coefficient (Wildman–Crippen LogP) is 4.67. The number of alkyl halides is 4. The number of rotatable bonds is 8. The van der Waals surface area contributed by atoms with Gasteiger partial charge in [-0.15, -0.1) is 0 Å². The molecule has 0 N–H and O–H groups in total. The minimum absolute atomic E-state index is 0.0209. The van der Waals surface area contributed by atoms with Crippen molar-refractivity contribution < 1.29 is 22.4 Å². The van der Waals surface area contributed by atoms with Crippen molar-refractivity contribution in [1.29, 1.82) is 0 Å². The Morgan fingerprint density at radius 1 is 1.00 bits per heavy atom. The average Bonchev–Trinajstić information content (AvgIpc) is 2.38. The molecule has 1 nitrogen and oxygen atoms in total. The molecular formula is C14H16F4OS. The smallest absolute Gasteiger partial charge is 0.241 e. The van der Waals surface area contributed by atoms with Crippen LogP contribution in [0.3, 0.4) is 0 Å². The maximum absolute atomic E-state index is 13.3. The highest BCUT2D eigenvalue weighted by molar-refractivity contribution is 8.14. The number of hydrogen-bond acceptors (Lipinski definition) is 2. The summed E-state index contributed by atoms with van der Waals surface area (Å²) in [6, 6.07) is 8.54. The minimum atomic E-state index is -2.76. The Bertz CT molecular complexity index is 399. The van der Waals surface area contributed by atoms with Crippen molar-refractivity contribution >= 4 is 16.9 Å². The van der Waals surface area contributed by atoms with Gasteiger partial charge < -0.3 is 0 Å². The Kier molecular flexibility index (Phi) is 7.65. The molecule has 0 aromatic heterocycles. The van der Waals surface area contributed by atoms with Crippen LogP contribution in [0.15, 0.2) is 30.3 Å². The van der Waals surface area contributed by atoms with Gasteiger partial charge in [0.25, 0.3) is 0 Å². The van der Waals surface area contributed by atoms with E-state index in [1.165, 1.54) is 0 Å². The quantitative estimate of drug-likeness (QED) is 0.649. The third-order valence-corrected chi connectivity index (χ3v) is 3.56. The molecule has 2 unspecified atom stereocenters. The third-order valence-electron chi connectivity index (χ3n) is 2.62. The topological polar surface area (TPSA) is 17.1 Å². The Morgan fingerprint density at radius 3 is 2.25 bits per heavy atom. The van der Waals surface area contributed by atoms with Crippen molar-refractivity contribution in [3.8, 4) is 0 Å². The van der Waals surface area contributed by atoms with Gasteiger partial charge >= 0.3 is 0 Å². The molecule has 0 spiro atoms. The second-order valence-electron chi connectivity index (χ2n) is 4.35. The molecule has 0 fully saturated rings. The zero-order valence-electron chi connectivity index (χ0n) is 10.8. The monoisotopic (exact) mass is 308 g/mol. The lowest BCUT2D eigenvalue weighted by molar-refractivity contribution is 0.0867. The van der Waals surface area contributed by atoms with Crippen molar-refractivity contribution in [2.45, 2.75) is 38.0 Å². The molecule has 1 aromatic rings. The largest absolute Gasteiger partial charge is 0.282 e. The molecule has 0 aliphatic carbocycles. The second kappa shape index (κ2) is 9.00. The van der Waals surface area contributed by atoms with Crippen LogP contribution in [0.25, 0.3) is 0 Å². The van der Waals surface area contributed by atoms with Crippen LogP contribution < -0.4 is 0 Å². The number of benzene rings is 1. The molecule has 1 rings (SSSR count). The van der Waals surface area contributed by atoms with Gasteiger partial charge in [0.05, 0.1) is 0 Å². The Morgan fingerprint density at radius 2 is 1.65 bits per heavy atom. The van der Waals surface area contributed by atoms with Crippen LogP contribution >= 0.6 is 11.8 Å². The van der Waals surface area contributed by atoms with E-state index < -0.39 is 31.6 Å². The molecular weight excluding hydrogens is 292 g/mol. The summed E-state index contributed by atoms with van der Waals surface area (Å²) in [5.74, 6) is 0.205. The molecule has 1 aromatic carbocycles. The highest BCUT2D eigenvalue weighted by atomic mass is 32.2. The third kappa shape index (κ3) is 6.93. The second-order valence-corrected chi connectivity index (χ2v) is 5.42. The van der Waals surface area contributed by atoms with Gasteiger partial charge in [-0.25, -0.2) is 17.6 Å². The highest BCUT2D eigenvalue weighted by Crippen LogP contribution is 2.19. The van der Waals surface area contributed by atoms with Crippen LogP contribution in [-0.4, -0.2) is 29.6 Å². The van der Waals surface area contributed by atoms with Crippen molar-refractivity contribution in [3.63, 3.8) is 0 Å². The van der Waals surface area contributed by atoms with Gasteiger partial charge in [0.1, 0.15) is 12.3 Å². The molecule has 6 heteroatoms. The van der Waals surface area contributed by atoms with Crippen LogP contribution in [0.5, 0.6) is 0 Å². The van der Waals surface area contributed by atoms with E-state index in [2.05, 4.69) is 0 Å². The van der Waals surface area contributed by atoms with Crippen molar-refractivity contribution in [2.75, 3.05) is 5.75 Å². The zero-order chi connectivity index (χ0) is 15.0. The highest BCUT2D eigenvalue weighted by Gasteiger charge is 2.19. The van der Waals surface area contributed by atoms with Crippen molar-refractivity contribution in [2.24, 2.45) is 0 Å². The SMILES string of the molecule is O=C(SCCC(F)CC(F)CC(F)F)c1ccccc1. The van der Waals surface area contributed by atoms with E-state index in [0.717, 1.165) is 11.8 Å². The summed E-state index contributed by atoms with van der Waals surface area (Å²) >= 11 is 0.949. The van der Waals surface area contributed by atoms with E-state index in [9.17, 15) is 22.4 Å². The molecule has 0 amide bonds. The lowest BCUT2D eigenvalue weighted by Crippen LogP contribution is -2.14. The fraction of sp³-hybridized carbons (Fsp3) is 0.500. The van der Waals surface area contributed by atoms with Crippen LogP contribution in [0.4, 0.5) is 17.6 Å². The van der Waals surface area contributed by atoms with Crippen LogP contribution in [0.1, 0.15) is 29.6 Å². The molecule has 0 aliphatic rings. The fourth-order valence-electron chi connectivity index (χ4n) is 1.62. The van der Waals surface area contributed by atoms with Crippen molar-refractivity contribution in [3.05, 3.63) is 35.9 Å². The van der Waals surface area contributed by atoms with Crippen LogP contribution in [-0.2, 0) is 0 Å². The normalized spacial score (nSPS) is 14.2. The lowest BCUT2D eigenvalue weighted by atomic mass is 10.1. The van der Waals surface area contributed by atoms with Crippen LogP contribution in [0, 0.1) is 0 Å². The first kappa shape index (κ1) is 17.0.